The van der Waals surface area contributed by atoms with Gasteiger partial charge in [-0.3, -0.25) is 0 Å². The van der Waals surface area contributed by atoms with Gasteiger partial charge in [-0.15, -0.1) is 0 Å². The molecule has 0 aromatic rings. The van der Waals surface area contributed by atoms with Crippen LogP contribution in [0.2, 0.25) is 0 Å². The van der Waals surface area contributed by atoms with Crippen molar-refractivity contribution in [1.82, 2.24) is 0 Å². The third kappa shape index (κ3) is 1.14. The molecule has 0 spiro atoms. The Hall–Kier alpha value is 0. The summed E-state index contributed by atoms with van der Waals surface area (Å²) >= 11 is 0. The monoisotopic (exact) mass is 206 g/mol. The second kappa shape index (κ2) is 3.02. The molecule has 0 amide bonds. The Morgan fingerprint density at radius 2 is 2.00 bits per heavy atom. The molecule has 0 radical (unpaired) electrons. The fourth-order valence-corrected chi connectivity index (χ4v) is 5.75. The quantitative estimate of drug-likeness (QED) is 0.631. The van der Waals surface area contributed by atoms with E-state index in [4.69, 9.17) is 0 Å². The molecular formula is C15H26. The van der Waals surface area contributed by atoms with Gasteiger partial charge >= 0.3 is 0 Å². The van der Waals surface area contributed by atoms with E-state index in [1.54, 1.807) is 25.7 Å². The number of rotatable bonds is 3. The SMILES string of the molecule is CCCCC1C2(C)CC3CCC3C1(C)C2. The summed E-state index contributed by atoms with van der Waals surface area (Å²) in [6.07, 6.45) is 10.6. The zero-order valence-electron chi connectivity index (χ0n) is 10.7. The van der Waals surface area contributed by atoms with Gasteiger partial charge in [0.1, 0.15) is 0 Å². The van der Waals surface area contributed by atoms with Crippen molar-refractivity contribution in [2.45, 2.75) is 65.7 Å². The molecule has 0 aliphatic heterocycles. The highest BCUT2D eigenvalue weighted by Gasteiger charge is 2.67. The smallest absolute Gasteiger partial charge is 0.0256 e. The summed E-state index contributed by atoms with van der Waals surface area (Å²) in [5.41, 5.74) is 1.52. The first-order valence-electron chi connectivity index (χ1n) is 7.10. The van der Waals surface area contributed by atoms with Crippen LogP contribution in [0.4, 0.5) is 0 Å². The molecule has 5 atom stereocenters. The average molecular weight is 206 g/mol. The lowest BCUT2D eigenvalue weighted by atomic mass is 9.31. The summed E-state index contributed by atoms with van der Waals surface area (Å²) in [6.45, 7) is 7.54. The van der Waals surface area contributed by atoms with Crippen molar-refractivity contribution < 1.29 is 0 Å². The Labute approximate surface area is 94.8 Å². The van der Waals surface area contributed by atoms with Gasteiger partial charge < -0.3 is 0 Å². The molecule has 0 aromatic heterocycles. The van der Waals surface area contributed by atoms with E-state index in [1.165, 1.54) is 19.3 Å². The first-order chi connectivity index (χ1) is 7.10. The fourth-order valence-electron chi connectivity index (χ4n) is 5.75. The average Bonchev–Trinajstić information content (AvgIpc) is 2.10. The lowest BCUT2D eigenvalue weighted by molar-refractivity contribution is -0.245. The van der Waals surface area contributed by atoms with E-state index >= 15 is 0 Å². The topological polar surface area (TPSA) is 0 Å². The molecule has 86 valence electrons. The van der Waals surface area contributed by atoms with Crippen LogP contribution in [0.5, 0.6) is 0 Å². The van der Waals surface area contributed by atoms with E-state index in [-0.39, 0.29) is 0 Å². The molecule has 4 aliphatic carbocycles. The Morgan fingerprint density at radius 1 is 1.20 bits per heavy atom. The van der Waals surface area contributed by atoms with Crippen LogP contribution in [0.25, 0.3) is 0 Å². The van der Waals surface area contributed by atoms with Crippen LogP contribution in [0.3, 0.4) is 0 Å². The summed E-state index contributed by atoms with van der Waals surface area (Å²) in [7, 11) is 0. The minimum Gasteiger partial charge on any atom is -0.0654 e. The van der Waals surface area contributed by atoms with E-state index in [2.05, 4.69) is 20.8 Å². The molecule has 0 nitrogen and oxygen atoms in total. The maximum atomic E-state index is 2.62. The normalized spacial score (nSPS) is 56.6. The molecule has 0 saturated heterocycles. The van der Waals surface area contributed by atoms with Crippen molar-refractivity contribution >= 4 is 0 Å². The van der Waals surface area contributed by atoms with Gasteiger partial charge in [0.05, 0.1) is 0 Å². The first kappa shape index (κ1) is 10.2. The van der Waals surface area contributed by atoms with Crippen LogP contribution in [-0.2, 0) is 0 Å². The van der Waals surface area contributed by atoms with Gasteiger partial charge in [0.25, 0.3) is 0 Å². The van der Waals surface area contributed by atoms with E-state index < -0.39 is 0 Å². The summed E-state index contributed by atoms with van der Waals surface area (Å²) in [5, 5.41) is 0. The lowest BCUT2D eigenvalue weighted by Crippen LogP contribution is -2.66. The Bertz CT molecular complexity index is 265. The molecule has 0 N–H and O–H groups in total. The van der Waals surface area contributed by atoms with E-state index in [1.807, 2.05) is 0 Å². The fraction of sp³-hybridized carbons (Fsp3) is 1.00. The van der Waals surface area contributed by atoms with Crippen molar-refractivity contribution in [3.8, 4) is 0 Å². The van der Waals surface area contributed by atoms with E-state index in [0.717, 1.165) is 28.6 Å². The van der Waals surface area contributed by atoms with Crippen molar-refractivity contribution in [1.29, 1.82) is 0 Å². The van der Waals surface area contributed by atoms with Gasteiger partial charge in [-0.1, -0.05) is 33.6 Å². The molecule has 2 bridgehead atoms. The highest BCUT2D eigenvalue weighted by Crippen LogP contribution is 2.75. The van der Waals surface area contributed by atoms with Gasteiger partial charge in [-0.2, -0.15) is 0 Å². The predicted molar refractivity (Wildman–Crippen MR) is 64.7 cm³/mol. The zero-order valence-corrected chi connectivity index (χ0v) is 10.7. The highest BCUT2D eigenvalue weighted by molar-refractivity contribution is 5.16. The molecule has 4 rings (SSSR count). The van der Waals surface area contributed by atoms with Gasteiger partial charge in [-0.25, -0.2) is 0 Å². The van der Waals surface area contributed by atoms with E-state index in [0.29, 0.717) is 0 Å². The van der Waals surface area contributed by atoms with Crippen LogP contribution in [0, 0.1) is 28.6 Å². The van der Waals surface area contributed by atoms with Crippen LogP contribution in [-0.4, -0.2) is 0 Å². The lowest BCUT2D eigenvalue weighted by Gasteiger charge is -2.73. The minimum absolute atomic E-state index is 0.755. The Balaban J connectivity index is 1.78. The van der Waals surface area contributed by atoms with Crippen LogP contribution in [0.1, 0.15) is 65.7 Å². The van der Waals surface area contributed by atoms with E-state index in [9.17, 15) is 0 Å². The second-order valence-corrected chi connectivity index (χ2v) is 7.18. The van der Waals surface area contributed by atoms with Gasteiger partial charge in [-0.05, 0) is 60.7 Å². The van der Waals surface area contributed by atoms with Gasteiger partial charge in [0.2, 0.25) is 0 Å². The molecule has 0 heteroatoms. The molecule has 0 heterocycles. The minimum atomic E-state index is 0.755. The second-order valence-electron chi connectivity index (χ2n) is 7.18. The third-order valence-corrected chi connectivity index (χ3v) is 6.26. The first-order valence-corrected chi connectivity index (χ1v) is 7.10. The molecule has 0 aromatic carbocycles. The van der Waals surface area contributed by atoms with Crippen molar-refractivity contribution in [2.75, 3.05) is 0 Å². The standard InChI is InChI=1S/C15H26/c1-4-5-6-13-14(2)9-11-7-8-12(11)15(13,3)10-14/h11-13H,4-10H2,1-3H3. The molecule has 5 unspecified atom stereocenters. The maximum Gasteiger partial charge on any atom is -0.0256 e. The number of hydrogen-bond acceptors (Lipinski definition) is 0. The molecule has 4 fully saturated rings. The van der Waals surface area contributed by atoms with Crippen LogP contribution in [0.15, 0.2) is 0 Å². The predicted octanol–water partition coefficient (Wildman–Crippen LogP) is 4.64. The van der Waals surface area contributed by atoms with Crippen molar-refractivity contribution in [2.24, 2.45) is 28.6 Å². The summed E-state index contributed by atoms with van der Waals surface area (Å²) in [4.78, 5) is 0. The highest BCUT2D eigenvalue weighted by atomic mass is 14.7. The molecule has 15 heavy (non-hydrogen) atoms. The summed E-state index contributed by atoms with van der Waals surface area (Å²) < 4.78 is 0. The zero-order chi connectivity index (χ0) is 10.7. The Kier molecular flexibility index (Phi) is 2.05. The third-order valence-electron chi connectivity index (χ3n) is 6.26. The van der Waals surface area contributed by atoms with Crippen LogP contribution < -0.4 is 0 Å². The largest absolute Gasteiger partial charge is 0.0654 e. The maximum absolute atomic E-state index is 2.62. The van der Waals surface area contributed by atoms with Gasteiger partial charge in [0.15, 0.2) is 0 Å². The molecular weight excluding hydrogens is 180 g/mol. The summed E-state index contributed by atoms with van der Waals surface area (Å²) in [5.74, 6) is 3.33. The number of hydrogen-bond donors (Lipinski definition) is 0. The van der Waals surface area contributed by atoms with Crippen molar-refractivity contribution in [3.05, 3.63) is 0 Å². The Morgan fingerprint density at radius 3 is 2.60 bits per heavy atom. The van der Waals surface area contributed by atoms with Crippen molar-refractivity contribution in [3.63, 3.8) is 0 Å². The number of unbranched alkanes of at least 4 members (excludes halogenated alkanes) is 1. The molecule has 4 saturated carbocycles. The summed E-state index contributed by atoms with van der Waals surface area (Å²) in [6, 6.07) is 0. The molecule has 4 aliphatic rings. The van der Waals surface area contributed by atoms with Crippen LogP contribution >= 0.6 is 0 Å². The van der Waals surface area contributed by atoms with Gasteiger partial charge in [0, 0.05) is 0 Å².